The van der Waals surface area contributed by atoms with Gasteiger partial charge in [0.2, 0.25) is 0 Å². The van der Waals surface area contributed by atoms with Crippen molar-refractivity contribution in [1.29, 1.82) is 5.26 Å². The SMILES string of the molecule is COc1ccc(C2CCN(C(=O)O)CC2/C=C/c2cccc(C#N)c2)cc1. The Morgan fingerprint density at radius 2 is 2.07 bits per heavy atom. The van der Waals surface area contributed by atoms with E-state index in [0.717, 1.165) is 17.7 Å². The van der Waals surface area contributed by atoms with Gasteiger partial charge < -0.3 is 14.7 Å². The number of piperidine rings is 1. The second-order valence-electron chi connectivity index (χ2n) is 6.66. The first-order valence-corrected chi connectivity index (χ1v) is 8.91. The van der Waals surface area contributed by atoms with Crippen LogP contribution in [0.4, 0.5) is 4.79 Å². The molecule has 2 aromatic carbocycles. The van der Waals surface area contributed by atoms with Gasteiger partial charge in [-0.2, -0.15) is 5.26 Å². The molecule has 2 aromatic rings. The molecular formula is C22H22N2O3. The summed E-state index contributed by atoms with van der Waals surface area (Å²) in [5.74, 6) is 1.11. The number of benzene rings is 2. The van der Waals surface area contributed by atoms with Crippen LogP contribution >= 0.6 is 0 Å². The highest BCUT2D eigenvalue weighted by atomic mass is 16.5. The molecule has 2 atom stereocenters. The number of nitriles is 1. The Kier molecular flexibility index (Phi) is 5.77. The summed E-state index contributed by atoms with van der Waals surface area (Å²) in [6.07, 6.45) is 3.94. The zero-order valence-corrected chi connectivity index (χ0v) is 15.2. The summed E-state index contributed by atoms with van der Waals surface area (Å²) in [7, 11) is 1.64. The highest BCUT2D eigenvalue weighted by Crippen LogP contribution is 2.35. The topological polar surface area (TPSA) is 73.6 Å². The van der Waals surface area contributed by atoms with Gasteiger partial charge in [-0.15, -0.1) is 0 Å². The number of carboxylic acid groups (broad SMARTS) is 1. The van der Waals surface area contributed by atoms with E-state index in [4.69, 9.17) is 10.00 Å². The van der Waals surface area contributed by atoms with Crippen molar-refractivity contribution < 1.29 is 14.6 Å². The molecule has 0 radical (unpaired) electrons. The Labute approximate surface area is 159 Å². The second-order valence-corrected chi connectivity index (χ2v) is 6.66. The molecule has 1 N–H and O–H groups in total. The monoisotopic (exact) mass is 362 g/mol. The second kappa shape index (κ2) is 8.41. The van der Waals surface area contributed by atoms with E-state index in [-0.39, 0.29) is 11.8 Å². The van der Waals surface area contributed by atoms with Gasteiger partial charge in [-0.3, -0.25) is 0 Å². The molecule has 1 amide bonds. The van der Waals surface area contributed by atoms with E-state index in [9.17, 15) is 9.90 Å². The first kappa shape index (κ1) is 18.5. The van der Waals surface area contributed by atoms with Crippen LogP contribution in [0.3, 0.4) is 0 Å². The molecule has 138 valence electrons. The number of rotatable bonds is 4. The number of carbonyl (C=O) groups is 1. The molecule has 5 heteroatoms. The maximum atomic E-state index is 11.4. The molecule has 0 aromatic heterocycles. The molecule has 1 aliphatic rings. The lowest BCUT2D eigenvalue weighted by atomic mass is 9.80. The molecule has 0 spiro atoms. The van der Waals surface area contributed by atoms with Crippen LogP contribution in [0.15, 0.2) is 54.6 Å². The van der Waals surface area contributed by atoms with Crippen molar-refractivity contribution in [2.24, 2.45) is 5.92 Å². The molecule has 0 aliphatic carbocycles. The van der Waals surface area contributed by atoms with E-state index >= 15 is 0 Å². The number of likely N-dealkylation sites (tertiary alicyclic amines) is 1. The van der Waals surface area contributed by atoms with E-state index in [1.165, 1.54) is 10.5 Å². The molecule has 0 saturated carbocycles. The maximum absolute atomic E-state index is 11.4. The van der Waals surface area contributed by atoms with Gasteiger partial charge in [-0.25, -0.2) is 4.79 Å². The van der Waals surface area contributed by atoms with Gasteiger partial charge in [0, 0.05) is 19.0 Å². The Bertz CT molecular complexity index is 868. The molecular weight excluding hydrogens is 340 g/mol. The Morgan fingerprint density at radius 3 is 2.74 bits per heavy atom. The molecule has 0 bridgehead atoms. The maximum Gasteiger partial charge on any atom is 0.407 e. The molecule has 1 aliphatic heterocycles. The quantitative estimate of drug-likeness (QED) is 0.877. The summed E-state index contributed by atoms with van der Waals surface area (Å²) in [5.41, 5.74) is 2.73. The van der Waals surface area contributed by atoms with Crippen molar-refractivity contribution in [3.63, 3.8) is 0 Å². The number of nitrogens with zero attached hydrogens (tertiary/aromatic N) is 2. The van der Waals surface area contributed by atoms with Gasteiger partial charge in [-0.1, -0.05) is 36.4 Å². The minimum atomic E-state index is -0.881. The Balaban J connectivity index is 1.85. The lowest BCUT2D eigenvalue weighted by Gasteiger charge is -2.36. The van der Waals surface area contributed by atoms with E-state index in [2.05, 4.69) is 24.3 Å². The number of amides is 1. The zero-order chi connectivity index (χ0) is 19.2. The van der Waals surface area contributed by atoms with Crippen LogP contribution < -0.4 is 4.74 Å². The third-order valence-corrected chi connectivity index (χ3v) is 5.02. The molecule has 1 heterocycles. The largest absolute Gasteiger partial charge is 0.497 e. The first-order valence-electron chi connectivity index (χ1n) is 8.91. The Hall–Kier alpha value is -3.26. The molecule has 27 heavy (non-hydrogen) atoms. The molecule has 1 saturated heterocycles. The van der Waals surface area contributed by atoms with Gasteiger partial charge in [0.05, 0.1) is 18.7 Å². The van der Waals surface area contributed by atoms with Crippen LogP contribution in [0.2, 0.25) is 0 Å². The van der Waals surface area contributed by atoms with Crippen LogP contribution in [-0.2, 0) is 0 Å². The van der Waals surface area contributed by atoms with Gasteiger partial charge in [0.15, 0.2) is 0 Å². The summed E-state index contributed by atoms with van der Waals surface area (Å²) in [6, 6.07) is 17.5. The van der Waals surface area contributed by atoms with Crippen LogP contribution in [0.5, 0.6) is 5.75 Å². The minimum absolute atomic E-state index is 0.0639. The zero-order valence-electron chi connectivity index (χ0n) is 15.2. The number of ether oxygens (including phenoxy) is 1. The highest BCUT2D eigenvalue weighted by Gasteiger charge is 2.30. The first-order chi connectivity index (χ1) is 13.1. The fraction of sp³-hybridized carbons (Fsp3) is 0.273. The number of hydrogen-bond donors (Lipinski definition) is 1. The third kappa shape index (κ3) is 4.48. The number of hydrogen-bond acceptors (Lipinski definition) is 3. The molecule has 1 fully saturated rings. The highest BCUT2D eigenvalue weighted by molar-refractivity contribution is 5.65. The van der Waals surface area contributed by atoms with E-state index in [1.54, 1.807) is 13.2 Å². The predicted octanol–water partition coefficient (Wildman–Crippen LogP) is 4.36. The smallest absolute Gasteiger partial charge is 0.407 e. The van der Waals surface area contributed by atoms with Crippen molar-refractivity contribution in [3.05, 3.63) is 71.3 Å². The number of methoxy groups -OCH3 is 1. The minimum Gasteiger partial charge on any atom is -0.497 e. The van der Waals surface area contributed by atoms with Crippen molar-refractivity contribution in [2.45, 2.75) is 12.3 Å². The third-order valence-electron chi connectivity index (χ3n) is 5.02. The van der Waals surface area contributed by atoms with E-state index < -0.39 is 6.09 Å². The summed E-state index contributed by atoms with van der Waals surface area (Å²) in [4.78, 5) is 12.9. The molecule has 5 nitrogen and oxygen atoms in total. The van der Waals surface area contributed by atoms with Crippen molar-refractivity contribution >= 4 is 12.2 Å². The van der Waals surface area contributed by atoms with Crippen LogP contribution in [0.25, 0.3) is 6.08 Å². The lowest BCUT2D eigenvalue weighted by Crippen LogP contribution is -2.41. The molecule has 3 rings (SSSR count). The van der Waals surface area contributed by atoms with Crippen LogP contribution in [0, 0.1) is 17.2 Å². The fourth-order valence-electron chi connectivity index (χ4n) is 3.56. The predicted molar refractivity (Wildman–Crippen MR) is 104 cm³/mol. The fourth-order valence-corrected chi connectivity index (χ4v) is 3.56. The van der Waals surface area contributed by atoms with Crippen molar-refractivity contribution in [2.75, 3.05) is 20.2 Å². The summed E-state index contributed by atoms with van der Waals surface area (Å²) in [6.45, 7) is 0.987. The van der Waals surface area contributed by atoms with Gasteiger partial charge in [-0.05, 0) is 47.7 Å². The lowest BCUT2D eigenvalue weighted by molar-refractivity contribution is 0.121. The van der Waals surface area contributed by atoms with E-state index in [1.807, 2.05) is 36.4 Å². The van der Waals surface area contributed by atoms with Crippen LogP contribution in [-0.4, -0.2) is 36.3 Å². The van der Waals surface area contributed by atoms with Crippen molar-refractivity contribution in [3.8, 4) is 11.8 Å². The summed E-state index contributed by atoms with van der Waals surface area (Å²) < 4.78 is 5.23. The summed E-state index contributed by atoms with van der Waals surface area (Å²) >= 11 is 0. The normalized spacial score (nSPS) is 19.6. The summed E-state index contributed by atoms with van der Waals surface area (Å²) in [5, 5.41) is 18.4. The van der Waals surface area contributed by atoms with Gasteiger partial charge >= 0.3 is 6.09 Å². The Morgan fingerprint density at radius 1 is 1.30 bits per heavy atom. The van der Waals surface area contributed by atoms with E-state index in [0.29, 0.717) is 18.7 Å². The van der Waals surface area contributed by atoms with Gasteiger partial charge in [0.1, 0.15) is 5.75 Å². The average Bonchev–Trinajstić information content (AvgIpc) is 2.72. The molecule has 2 unspecified atom stereocenters. The standard InChI is InChI=1S/C22H22N2O3/c1-27-20-9-7-18(8-10-20)21-11-12-24(22(25)26)15-19(21)6-5-16-3-2-4-17(13-16)14-23/h2-10,13,19,21H,11-12,15H2,1H3,(H,25,26)/b6-5+. The van der Waals surface area contributed by atoms with Crippen LogP contribution in [0.1, 0.15) is 29.0 Å². The van der Waals surface area contributed by atoms with Gasteiger partial charge in [0.25, 0.3) is 0 Å². The average molecular weight is 362 g/mol. The van der Waals surface area contributed by atoms with Crippen molar-refractivity contribution in [1.82, 2.24) is 4.90 Å².